The van der Waals surface area contributed by atoms with Gasteiger partial charge in [0.15, 0.2) is 0 Å². The Morgan fingerprint density at radius 3 is 2.41 bits per heavy atom. The molecule has 2 aromatic carbocycles. The lowest BCUT2D eigenvalue weighted by Crippen LogP contribution is -2.43. The second-order valence-corrected chi connectivity index (χ2v) is 8.97. The Kier molecular flexibility index (Phi) is 6.53. The molecule has 0 aliphatic heterocycles. The van der Waals surface area contributed by atoms with Crippen molar-refractivity contribution >= 4 is 17.3 Å². The highest BCUT2D eigenvalue weighted by Gasteiger charge is 2.36. The third-order valence-corrected chi connectivity index (χ3v) is 6.67. The van der Waals surface area contributed by atoms with Crippen molar-refractivity contribution in [3.63, 3.8) is 0 Å². The fourth-order valence-electron chi connectivity index (χ4n) is 3.66. The number of carboxylic acid groups (broad SMARTS) is 1. The fourth-order valence-corrected chi connectivity index (χ4v) is 4.62. The molecule has 0 amide bonds. The van der Waals surface area contributed by atoms with Crippen molar-refractivity contribution in [3.05, 3.63) is 76.0 Å². The van der Waals surface area contributed by atoms with Crippen LogP contribution < -0.4 is 10.1 Å². The number of thiophene rings is 1. The van der Waals surface area contributed by atoms with Gasteiger partial charge in [-0.2, -0.15) is 13.2 Å². The van der Waals surface area contributed by atoms with E-state index in [9.17, 15) is 18.0 Å². The van der Waals surface area contributed by atoms with Gasteiger partial charge in [-0.25, -0.2) is 0 Å². The molecule has 0 atom stereocenters. The molecule has 1 aliphatic rings. The van der Waals surface area contributed by atoms with Gasteiger partial charge in [-0.1, -0.05) is 42.5 Å². The Morgan fingerprint density at radius 2 is 1.78 bits per heavy atom. The van der Waals surface area contributed by atoms with Crippen LogP contribution in [0.3, 0.4) is 0 Å². The Bertz CT molecular complexity index is 1060. The third-order valence-electron chi connectivity index (χ3n) is 5.51. The van der Waals surface area contributed by atoms with Crippen molar-refractivity contribution in [3.8, 4) is 16.9 Å². The summed E-state index contributed by atoms with van der Waals surface area (Å²) in [7, 11) is 0. The zero-order valence-corrected chi connectivity index (χ0v) is 17.9. The molecule has 1 aliphatic carbocycles. The van der Waals surface area contributed by atoms with Crippen molar-refractivity contribution in [2.45, 2.75) is 38.2 Å². The number of rotatable bonds is 8. The maximum atomic E-state index is 13.5. The molecule has 1 fully saturated rings. The number of carbonyl (C=O) groups is 1. The molecule has 0 saturated heterocycles. The zero-order valence-electron chi connectivity index (χ0n) is 17.1. The van der Waals surface area contributed by atoms with Crippen LogP contribution >= 0.6 is 11.3 Å². The van der Waals surface area contributed by atoms with Crippen LogP contribution in [0.2, 0.25) is 0 Å². The Labute approximate surface area is 187 Å². The lowest BCUT2D eigenvalue weighted by molar-refractivity contribution is -0.145. The molecule has 168 valence electrons. The summed E-state index contributed by atoms with van der Waals surface area (Å²) in [6.45, 7) is 0.675. The van der Waals surface area contributed by atoms with Crippen LogP contribution in [0.1, 0.15) is 28.2 Å². The molecule has 4 rings (SSSR count). The zero-order chi connectivity index (χ0) is 22.7. The first-order valence-electron chi connectivity index (χ1n) is 10.2. The summed E-state index contributed by atoms with van der Waals surface area (Å²) < 4.78 is 46.2. The van der Waals surface area contributed by atoms with Crippen molar-refractivity contribution in [1.82, 2.24) is 5.32 Å². The van der Waals surface area contributed by atoms with Gasteiger partial charge in [0.25, 0.3) is 0 Å². The fraction of sp³-hybridized carbons (Fsp3) is 0.292. The number of halogens is 3. The second-order valence-electron chi connectivity index (χ2n) is 7.84. The number of hydrogen-bond donors (Lipinski definition) is 2. The van der Waals surface area contributed by atoms with E-state index in [-0.39, 0.29) is 24.1 Å². The summed E-state index contributed by atoms with van der Waals surface area (Å²) in [6.07, 6.45) is -3.14. The predicted octanol–water partition coefficient (Wildman–Crippen LogP) is 5.97. The number of alkyl halides is 3. The van der Waals surface area contributed by atoms with Crippen LogP contribution in [0.4, 0.5) is 13.2 Å². The smallest absolute Gasteiger partial charge is 0.426 e. The number of benzene rings is 2. The van der Waals surface area contributed by atoms with Gasteiger partial charge >= 0.3 is 12.1 Å². The van der Waals surface area contributed by atoms with E-state index in [1.165, 1.54) is 0 Å². The normalized spacial score (nSPS) is 18.2. The maximum Gasteiger partial charge on any atom is 0.426 e. The topological polar surface area (TPSA) is 58.6 Å². The van der Waals surface area contributed by atoms with Crippen molar-refractivity contribution in [1.29, 1.82) is 0 Å². The van der Waals surface area contributed by atoms with Gasteiger partial charge in [-0.3, -0.25) is 4.79 Å². The Hall–Kier alpha value is -2.84. The largest absolute Gasteiger partial charge is 0.488 e. The highest BCUT2D eigenvalue weighted by atomic mass is 32.1. The van der Waals surface area contributed by atoms with Gasteiger partial charge in [0.1, 0.15) is 17.2 Å². The first kappa shape index (κ1) is 22.4. The van der Waals surface area contributed by atoms with E-state index in [2.05, 4.69) is 5.32 Å². The maximum absolute atomic E-state index is 13.5. The van der Waals surface area contributed by atoms with E-state index in [1.54, 1.807) is 48.5 Å². The number of nitrogens with one attached hydrogen (secondary N) is 1. The molecule has 8 heteroatoms. The van der Waals surface area contributed by atoms with E-state index >= 15 is 0 Å². The average molecular weight is 462 g/mol. The monoisotopic (exact) mass is 461 g/mol. The molecule has 1 saturated carbocycles. The molecule has 2 N–H and O–H groups in total. The summed E-state index contributed by atoms with van der Waals surface area (Å²) in [5.41, 5.74) is 1.72. The van der Waals surface area contributed by atoms with Crippen LogP contribution in [0.15, 0.2) is 60.7 Å². The SMILES string of the molecule is O=C(O)C1CC(NCc2ccc(OCc3cc(-c4ccccc4)c(C(F)(F)F)s3)cc2)C1. The van der Waals surface area contributed by atoms with Crippen molar-refractivity contribution in [2.75, 3.05) is 0 Å². The molecular weight excluding hydrogens is 439 g/mol. The van der Waals surface area contributed by atoms with E-state index in [4.69, 9.17) is 9.84 Å². The van der Waals surface area contributed by atoms with Crippen LogP contribution in [-0.4, -0.2) is 17.1 Å². The van der Waals surface area contributed by atoms with Crippen LogP contribution in [-0.2, 0) is 24.1 Å². The minimum absolute atomic E-state index is 0.0524. The lowest BCUT2D eigenvalue weighted by Gasteiger charge is -2.33. The molecular formula is C24H22F3NO3S. The molecule has 3 aromatic rings. The Morgan fingerprint density at radius 1 is 1.09 bits per heavy atom. The highest BCUT2D eigenvalue weighted by Crippen LogP contribution is 2.43. The molecule has 1 aromatic heterocycles. The molecule has 0 radical (unpaired) electrons. The minimum Gasteiger partial charge on any atom is -0.488 e. The quantitative estimate of drug-likeness (QED) is 0.434. The molecule has 32 heavy (non-hydrogen) atoms. The average Bonchev–Trinajstić information content (AvgIpc) is 3.17. The van der Waals surface area contributed by atoms with Crippen LogP contribution in [0, 0.1) is 5.92 Å². The van der Waals surface area contributed by atoms with Crippen LogP contribution in [0.5, 0.6) is 5.75 Å². The van der Waals surface area contributed by atoms with Crippen molar-refractivity contribution < 1.29 is 27.8 Å². The van der Waals surface area contributed by atoms with Gasteiger partial charge < -0.3 is 15.2 Å². The van der Waals surface area contributed by atoms with Crippen molar-refractivity contribution in [2.24, 2.45) is 5.92 Å². The number of hydrogen-bond acceptors (Lipinski definition) is 4. The van der Waals surface area contributed by atoms with Gasteiger partial charge in [0, 0.05) is 23.0 Å². The van der Waals surface area contributed by atoms with Gasteiger partial charge in [0.2, 0.25) is 0 Å². The summed E-state index contributed by atoms with van der Waals surface area (Å²) in [6, 6.07) is 17.6. The highest BCUT2D eigenvalue weighted by molar-refractivity contribution is 7.12. The summed E-state index contributed by atoms with van der Waals surface area (Å²) in [4.78, 5) is 10.7. The molecule has 4 nitrogen and oxygen atoms in total. The molecule has 0 unspecified atom stereocenters. The summed E-state index contributed by atoms with van der Waals surface area (Å²) in [5.74, 6) is -0.416. The molecule has 1 heterocycles. The number of aliphatic carboxylic acids is 1. The summed E-state index contributed by atoms with van der Waals surface area (Å²) >= 11 is 0.704. The first-order valence-corrected chi connectivity index (χ1v) is 11.0. The van der Waals surface area contributed by atoms with E-state index in [0.717, 1.165) is 5.56 Å². The Balaban J connectivity index is 1.34. The summed E-state index contributed by atoms with van der Waals surface area (Å²) in [5, 5.41) is 12.2. The van der Waals surface area contributed by atoms with Gasteiger partial charge in [-0.15, -0.1) is 11.3 Å². The lowest BCUT2D eigenvalue weighted by atomic mass is 9.80. The van der Waals surface area contributed by atoms with E-state index in [0.29, 0.717) is 46.9 Å². The van der Waals surface area contributed by atoms with E-state index < -0.39 is 17.0 Å². The number of ether oxygens (including phenoxy) is 1. The standard InChI is InChI=1S/C24H22F3NO3S/c25-24(26,27)22-21(16-4-2-1-3-5-16)12-20(32-22)14-31-19-8-6-15(7-9-19)13-28-18-10-17(11-18)23(29)30/h1-9,12,17-18,28H,10-11,13-14H2,(H,29,30). The predicted molar refractivity (Wildman–Crippen MR) is 117 cm³/mol. The second kappa shape index (κ2) is 9.34. The first-order chi connectivity index (χ1) is 15.3. The number of carboxylic acids is 1. The van der Waals surface area contributed by atoms with E-state index in [1.807, 2.05) is 12.1 Å². The minimum atomic E-state index is -4.42. The van der Waals surface area contributed by atoms with Gasteiger partial charge in [0.05, 0.1) is 5.92 Å². The molecule has 0 spiro atoms. The third kappa shape index (κ3) is 5.31. The van der Waals surface area contributed by atoms with Gasteiger partial charge in [-0.05, 0) is 42.2 Å². The van der Waals surface area contributed by atoms with Crippen LogP contribution in [0.25, 0.3) is 11.1 Å². The molecule has 0 bridgehead atoms.